The molecule has 146 valence electrons. The summed E-state index contributed by atoms with van der Waals surface area (Å²) in [5.41, 5.74) is -0.332. The average molecular weight is 420 g/mol. The zero-order valence-corrected chi connectivity index (χ0v) is 15.9. The molecule has 1 unspecified atom stereocenters. The first-order chi connectivity index (χ1) is 12.6. The van der Waals surface area contributed by atoms with Crippen LogP contribution in [0.15, 0.2) is 47.4 Å². The van der Waals surface area contributed by atoms with Gasteiger partial charge in [0, 0.05) is 6.54 Å². The van der Waals surface area contributed by atoms with Crippen molar-refractivity contribution in [2.75, 3.05) is 13.7 Å². The van der Waals surface area contributed by atoms with Gasteiger partial charge in [-0.25, -0.2) is 8.42 Å². The van der Waals surface area contributed by atoms with Gasteiger partial charge in [-0.15, -0.1) is 0 Å². The summed E-state index contributed by atoms with van der Waals surface area (Å²) in [6, 6.07) is 8.82. The Balaban J connectivity index is 2.03. The van der Waals surface area contributed by atoms with Gasteiger partial charge in [-0.3, -0.25) is 0 Å². The molecule has 0 aliphatic carbocycles. The maximum atomic E-state index is 13.1. The topological polar surface area (TPSA) is 46.6 Å². The van der Waals surface area contributed by atoms with Crippen LogP contribution in [0.4, 0.5) is 13.2 Å². The number of nitrogens with zero attached hydrogens (tertiary/aromatic N) is 1. The molecule has 1 atom stereocenters. The highest BCUT2D eigenvalue weighted by Crippen LogP contribution is 2.40. The summed E-state index contributed by atoms with van der Waals surface area (Å²) >= 11 is 5.96. The van der Waals surface area contributed by atoms with E-state index in [1.165, 1.54) is 11.4 Å². The van der Waals surface area contributed by atoms with Crippen LogP contribution in [0, 0.1) is 0 Å². The fraction of sp³-hybridized carbons (Fsp3) is 0.333. The Hall–Kier alpha value is -1.77. The first kappa shape index (κ1) is 20.0. The lowest BCUT2D eigenvalue weighted by Crippen LogP contribution is -2.31. The molecule has 0 radical (unpaired) electrons. The lowest BCUT2D eigenvalue weighted by molar-refractivity contribution is -0.137. The summed E-state index contributed by atoms with van der Waals surface area (Å²) in [6.07, 6.45) is -3.51. The number of alkyl halides is 3. The fourth-order valence-electron chi connectivity index (χ4n) is 3.21. The van der Waals surface area contributed by atoms with Gasteiger partial charge in [0.05, 0.1) is 23.7 Å². The number of ether oxygens (including phenoxy) is 1. The van der Waals surface area contributed by atoms with Gasteiger partial charge in [-0.05, 0) is 48.7 Å². The molecule has 1 saturated heterocycles. The second-order valence-electron chi connectivity index (χ2n) is 6.19. The van der Waals surface area contributed by atoms with Crippen LogP contribution < -0.4 is 4.74 Å². The van der Waals surface area contributed by atoms with E-state index in [9.17, 15) is 21.6 Å². The highest BCUT2D eigenvalue weighted by molar-refractivity contribution is 7.89. The van der Waals surface area contributed by atoms with Crippen molar-refractivity contribution in [1.82, 2.24) is 4.31 Å². The molecule has 0 saturated carbocycles. The van der Waals surface area contributed by atoms with Crippen molar-refractivity contribution >= 4 is 21.6 Å². The molecule has 9 heteroatoms. The summed E-state index contributed by atoms with van der Waals surface area (Å²) in [5, 5.41) is -0.237. The van der Waals surface area contributed by atoms with Crippen molar-refractivity contribution in [3.8, 4) is 5.75 Å². The van der Waals surface area contributed by atoms with E-state index >= 15 is 0 Å². The molecule has 0 N–H and O–H groups in total. The highest BCUT2D eigenvalue weighted by Gasteiger charge is 2.39. The van der Waals surface area contributed by atoms with Gasteiger partial charge in [0.25, 0.3) is 0 Å². The van der Waals surface area contributed by atoms with E-state index in [-0.39, 0.29) is 11.6 Å². The Kier molecular flexibility index (Phi) is 5.42. The Bertz CT molecular complexity index is 947. The molecule has 1 fully saturated rings. The third kappa shape index (κ3) is 3.93. The first-order valence-electron chi connectivity index (χ1n) is 8.17. The van der Waals surface area contributed by atoms with E-state index in [2.05, 4.69) is 0 Å². The minimum absolute atomic E-state index is 0.205. The van der Waals surface area contributed by atoms with Crippen LogP contribution >= 0.6 is 11.6 Å². The molecule has 0 bridgehead atoms. The molecular weight excluding hydrogens is 403 g/mol. The molecule has 0 amide bonds. The van der Waals surface area contributed by atoms with Gasteiger partial charge in [0.15, 0.2) is 0 Å². The first-order valence-corrected chi connectivity index (χ1v) is 9.99. The number of hydrogen-bond acceptors (Lipinski definition) is 3. The fourth-order valence-corrected chi connectivity index (χ4v) is 5.40. The predicted octanol–water partition coefficient (Wildman–Crippen LogP) is 4.89. The van der Waals surface area contributed by atoms with E-state index in [0.717, 1.165) is 17.7 Å². The third-order valence-electron chi connectivity index (χ3n) is 4.53. The average Bonchev–Trinajstić information content (AvgIpc) is 3.11. The minimum atomic E-state index is -4.66. The van der Waals surface area contributed by atoms with Gasteiger partial charge in [0.1, 0.15) is 10.6 Å². The summed E-state index contributed by atoms with van der Waals surface area (Å²) in [5.74, 6) is 0.578. The lowest BCUT2D eigenvalue weighted by Gasteiger charge is -2.25. The summed E-state index contributed by atoms with van der Waals surface area (Å²) in [4.78, 5) is -0.534. The number of sulfonamides is 1. The Morgan fingerprint density at radius 1 is 1.19 bits per heavy atom. The SMILES string of the molecule is COc1cccc(C2CCCN2S(=O)(=O)c2cc(C(F)(F)F)ccc2Cl)c1. The zero-order valence-electron chi connectivity index (χ0n) is 14.3. The molecule has 4 nitrogen and oxygen atoms in total. The number of methoxy groups -OCH3 is 1. The summed E-state index contributed by atoms with van der Waals surface area (Å²) in [6.45, 7) is 0.205. The van der Waals surface area contributed by atoms with E-state index in [0.29, 0.717) is 24.7 Å². The maximum Gasteiger partial charge on any atom is 0.416 e. The Morgan fingerprint density at radius 3 is 2.59 bits per heavy atom. The van der Waals surface area contributed by atoms with E-state index in [1.54, 1.807) is 24.3 Å². The van der Waals surface area contributed by atoms with Crippen LogP contribution in [-0.4, -0.2) is 26.4 Å². The largest absolute Gasteiger partial charge is 0.497 e. The van der Waals surface area contributed by atoms with Crippen LogP contribution in [0.5, 0.6) is 5.75 Å². The summed E-state index contributed by atoms with van der Waals surface area (Å²) < 4.78 is 71.7. The minimum Gasteiger partial charge on any atom is -0.497 e. The van der Waals surface area contributed by atoms with Crippen LogP contribution in [0.3, 0.4) is 0 Å². The van der Waals surface area contributed by atoms with Gasteiger partial charge >= 0.3 is 6.18 Å². The van der Waals surface area contributed by atoms with Crippen molar-refractivity contribution < 1.29 is 26.3 Å². The molecule has 27 heavy (non-hydrogen) atoms. The smallest absolute Gasteiger partial charge is 0.416 e. The van der Waals surface area contributed by atoms with Gasteiger partial charge in [0.2, 0.25) is 10.0 Å². The number of rotatable bonds is 4. The van der Waals surface area contributed by atoms with Crippen LogP contribution in [0.1, 0.15) is 30.0 Å². The quantitative estimate of drug-likeness (QED) is 0.708. The molecule has 3 rings (SSSR count). The molecule has 1 heterocycles. The summed E-state index contributed by atoms with van der Waals surface area (Å²) in [7, 11) is -2.70. The van der Waals surface area contributed by atoms with Crippen molar-refractivity contribution in [1.29, 1.82) is 0 Å². The van der Waals surface area contributed by atoms with Crippen LogP contribution in [-0.2, 0) is 16.2 Å². The van der Waals surface area contributed by atoms with Gasteiger partial charge in [-0.1, -0.05) is 23.7 Å². The Labute approximate surface area is 160 Å². The number of halogens is 4. The van der Waals surface area contributed by atoms with Crippen molar-refractivity contribution in [2.24, 2.45) is 0 Å². The molecule has 1 aliphatic heterocycles. The van der Waals surface area contributed by atoms with Crippen LogP contribution in [0.25, 0.3) is 0 Å². The molecule has 2 aromatic rings. The monoisotopic (exact) mass is 419 g/mol. The van der Waals surface area contributed by atoms with E-state index in [1.807, 2.05) is 0 Å². The normalized spacial score (nSPS) is 18.6. The van der Waals surface area contributed by atoms with E-state index < -0.39 is 32.7 Å². The Morgan fingerprint density at radius 2 is 1.93 bits per heavy atom. The molecule has 0 aromatic heterocycles. The highest BCUT2D eigenvalue weighted by atomic mass is 35.5. The van der Waals surface area contributed by atoms with Crippen molar-refractivity contribution in [3.63, 3.8) is 0 Å². The zero-order chi connectivity index (χ0) is 19.8. The molecular formula is C18H17ClF3NO3S. The third-order valence-corrected chi connectivity index (χ3v) is 6.92. The maximum absolute atomic E-state index is 13.1. The lowest BCUT2D eigenvalue weighted by atomic mass is 10.1. The second kappa shape index (κ2) is 7.33. The van der Waals surface area contributed by atoms with Gasteiger partial charge < -0.3 is 4.74 Å². The van der Waals surface area contributed by atoms with Crippen LogP contribution in [0.2, 0.25) is 5.02 Å². The predicted molar refractivity (Wildman–Crippen MR) is 95.3 cm³/mol. The molecule has 1 aliphatic rings. The number of benzene rings is 2. The van der Waals surface area contributed by atoms with Crippen molar-refractivity contribution in [3.05, 3.63) is 58.6 Å². The molecule has 2 aromatic carbocycles. The second-order valence-corrected chi connectivity index (χ2v) is 8.46. The van der Waals surface area contributed by atoms with Crippen molar-refractivity contribution in [2.45, 2.75) is 30.0 Å². The van der Waals surface area contributed by atoms with Gasteiger partial charge in [-0.2, -0.15) is 17.5 Å². The number of hydrogen-bond donors (Lipinski definition) is 0. The molecule has 0 spiro atoms. The van der Waals surface area contributed by atoms with E-state index in [4.69, 9.17) is 16.3 Å². The standard InChI is InChI=1S/C18H17ClF3NO3S/c1-26-14-5-2-4-12(10-14)16-6-3-9-23(16)27(24,25)17-11-13(18(20,21)22)7-8-15(17)19/h2,4-5,7-8,10-11,16H,3,6,9H2,1H3.